The second-order valence-corrected chi connectivity index (χ2v) is 6.11. The molecule has 2 aromatic carbocycles. The number of aliphatic hydroxyl groups is 1. The average Bonchev–Trinajstić information content (AvgIpc) is 2.58. The molecule has 0 aliphatic carbocycles. The van der Waals surface area contributed by atoms with E-state index in [4.69, 9.17) is 4.74 Å². The Balaban J connectivity index is 1.80. The van der Waals surface area contributed by atoms with E-state index in [9.17, 15) is 9.90 Å². The van der Waals surface area contributed by atoms with Crippen LogP contribution in [0.4, 0.5) is 0 Å². The summed E-state index contributed by atoms with van der Waals surface area (Å²) in [5.74, 6) is -0.272. The highest BCUT2D eigenvalue weighted by Crippen LogP contribution is 2.24. The lowest BCUT2D eigenvalue weighted by Crippen LogP contribution is -2.00. The van der Waals surface area contributed by atoms with Gasteiger partial charge in [0, 0.05) is 6.08 Å². The van der Waals surface area contributed by atoms with Gasteiger partial charge in [-0.05, 0) is 55.5 Å². The molecule has 1 unspecified atom stereocenters. The number of ether oxygens (including phenoxy) is 1. The summed E-state index contributed by atoms with van der Waals surface area (Å²) in [5, 5.41) is 12.7. The van der Waals surface area contributed by atoms with E-state index in [2.05, 4.69) is 24.3 Å². The van der Waals surface area contributed by atoms with Crippen molar-refractivity contribution in [2.75, 3.05) is 6.61 Å². The van der Waals surface area contributed by atoms with Crippen molar-refractivity contribution >= 4 is 16.7 Å². The predicted octanol–water partition coefficient (Wildman–Crippen LogP) is 4.94. The lowest BCUT2D eigenvalue weighted by atomic mass is 9.99. The zero-order valence-electron chi connectivity index (χ0n) is 14.5. The summed E-state index contributed by atoms with van der Waals surface area (Å²) < 4.78 is 4.89. The maximum Gasteiger partial charge on any atom is 0.330 e. The molecule has 0 fully saturated rings. The number of carbonyl (C=O) groups is 1. The molecule has 0 aliphatic rings. The molecule has 0 bridgehead atoms. The molecule has 0 aliphatic heterocycles. The van der Waals surface area contributed by atoms with Crippen LogP contribution in [0, 0.1) is 0 Å². The summed E-state index contributed by atoms with van der Waals surface area (Å²) in [6, 6.07) is 14.3. The number of benzene rings is 2. The first-order chi connectivity index (χ1) is 11.6. The number of unbranched alkanes of at least 4 members (excludes halogenated alkanes) is 1. The molecule has 0 saturated heterocycles. The zero-order valence-corrected chi connectivity index (χ0v) is 14.5. The van der Waals surface area contributed by atoms with E-state index in [1.54, 1.807) is 13.0 Å². The van der Waals surface area contributed by atoms with E-state index in [1.807, 2.05) is 25.1 Å². The number of allylic oxidation sites excluding steroid dienone is 1. The number of rotatable bonds is 8. The average molecular weight is 326 g/mol. The van der Waals surface area contributed by atoms with Crippen LogP contribution in [-0.4, -0.2) is 17.7 Å². The minimum absolute atomic E-state index is 0.272. The van der Waals surface area contributed by atoms with E-state index >= 15 is 0 Å². The Bertz CT molecular complexity index is 703. The fraction of sp³-hybridized carbons (Fsp3) is 0.381. The van der Waals surface area contributed by atoms with Crippen LogP contribution in [0.1, 0.15) is 51.2 Å². The monoisotopic (exact) mass is 326 g/mol. The summed E-state index contributed by atoms with van der Waals surface area (Å²) in [6.07, 6.45) is 4.57. The van der Waals surface area contributed by atoms with Crippen molar-refractivity contribution in [3.8, 4) is 0 Å². The largest absolute Gasteiger partial charge is 0.463 e. The van der Waals surface area contributed by atoms with Crippen molar-refractivity contribution < 1.29 is 14.6 Å². The molecule has 0 spiro atoms. The maximum absolute atomic E-state index is 11.3. The molecule has 3 heteroatoms. The fourth-order valence-electron chi connectivity index (χ4n) is 2.78. The highest BCUT2D eigenvalue weighted by molar-refractivity contribution is 5.83. The third-order valence-electron chi connectivity index (χ3n) is 4.11. The molecule has 0 heterocycles. The summed E-state index contributed by atoms with van der Waals surface area (Å²) in [5.41, 5.74) is 1.99. The Labute approximate surface area is 144 Å². The minimum Gasteiger partial charge on any atom is -0.463 e. The topological polar surface area (TPSA) is 46.5 Å². The first-order valence-corrected chi connectivity index (χ1v) is 8.61. The summed E-state index contributed by atoms with van der Waals surface area (Å²) in [4.78, 5) is 11.3. The van der Waals surface area contributed by atoms with Crippen molar-refractivity contribution in [1.82, 2.24) is 0 Å². The summed E-state index contributed by atoms with van der Waals surface area (Å²) >= 11 is 0. The molecule has 0 radical (unpaired) electrons. The van der Waals surface area contributed by atoms with Gasteiger partial charge in [0.15, 0.2) is 0 Å². The van der Waals surface area contributed by atoms with Gasteiger partial charge in [-0.15, -0.1) is 0 Å². The Morgan fingerprint density at radius 3 is 2.67 bits per heavy atom. The van der Waals surface area contributed by atoms with Gasteiger partial charge >= 0.3 is 5.97 Å². The van der Waals surface area contributed by atoms with Crippen LogP contribution in [0.3, 0.4) is 0 Å². The van der Waals surface area contributed by atoms with Gasteiger partial charge in [0.05, 0.1) is 12.7 Å². The van der Waals surface area contributed by atoms with Crippen molar-refractivity contribution in [2.45, 2.75) is 45.6 Å². The molecule has 2 aromatic rings. The Morgan fingerprint density at radius 2 is 1.92 bits per heavy atom. The van der Waals surface area contributed by atoms with Gasteiger partial charge in [0.25, 0.3) is 0 Å². The van der Waals surface area contributed by atoms with Gasteiger partial charge in [-0.2, -0.15) is 0 Å². The van der Waals surface area contributed by atoms with Crippen molar-refractivity contribution in [1.29, 1.82) is 0 Å². The fourth-order valence-corrected chi connectivity index (χ4v) is 2.78. The second kappa shape index (κ2) is 9.24. The molecule has 0 saturated carbocycles. The van der Waals surface area contributed by atoms with E-state index in [0.29, 0.717) is 6.61 Å². The smallest absolute Gasteiger partial charge is 0.330 e. The normalized spacial score (nSPS) is 13.0. The van der Waals surface area contributed by atoms with E-state index < -0.39 is 6.10 Å². The van der Waals surface area contributed by atoms with Gasteiger partial charge in [0.2, 0.25) is 0 Å². The standard InChI is InChI=1S/C21H26O3/c1-3-24-21(23)14-16(2)8-4-7-11-20(22)19-13-12-17-9-5-6-10-18(17)15-19/h5-6,9-10,12-15,20,22H,3-4,7-8,11H2,1-2H3. The van der Waals surface area contributed by atoms with Crippen LogP contribution in [0.2, 0.25) is 0 Å². The molecule has 0 aromatic heterocycles. The predicted molar refractivity (Wildman–Crippen MR) is 97.8 cm³/mol. The number of hydrogen-bond donors (Lipinski definition) is 1. The molecule has 1 N–H and O–H groups in total. The van der Waals surface area contributed by atoms with Gasteiger partial charge in [-0.3, -0.25) is 0 Å². The lowest BCUT2D eigenvalue weighted by Gasteiger charge is -2.12. The molecule has 3 nitrogen and oxygen atoms in total. The van der Waals surface area contributed by atoms with Crippen LogP contribution < -0.4 is 0 Å². The van der Waals surface area contributed by atoms with E-state index in [-0.39, 0.29) is 5.97 Å². The quantitative estimate of drug-likeness (QED) is 0.424. The molecule has 1 atom stereocenters. The first-order valence-electron chi connectivity index (χ1n) is 8.61. The number of aliphatic hydroxyl groups excluding tert-OH is 1. The van der Waals surface area contributed by atoms with Crippen LogP contribution in [0.5, 0.6) is 0 Å². The van der Waals surface area contributed by atoms with Crippen molar-refractivity contribution in [2.24, 2.45) is 0 Å². The lowest BCUT2D eigenvalue weighted by molar-refractivity contribution is -0.137. The third kappa shape index (κ3) is 5.50. The molecular weight excluding hydrogens is 300 g/mol. The Morgan fingerprint density at radius 1 is 1.17 bits per heavy atom. The Kier molecular flexibility index (Phi) is 7.01. The Hall–Kier alpha value is -2.13. The summed E-state index contributed by atoms with van der Waals surface area (Å²) in [7, 11) is 0. The number of hydrogen-bond acceptors (Lipinski definition) is 3. The van der Waals surface area contributed by atoms with Gasteiger partial charge in [-0.25, -0.2) is 4.79 Å². The number of carbonyl (C=O) groups excluding carboxylic acids is 1. The molecule has 0 amide bonds. The SMILES string of the molecule is CCOC(=O)C=C(C)CCCCC(O)c1ccc2ccccc2c1. The van der Waals surface area contributed by atoms with Gasteiger partial charge < -0.3 is 9.84 Å². The molecular formula is C21H26O3. The van der Waals surface area contributed by atoms with Crippen LogP contribution in [0.25, 0.3) is 10.8 Å². The highest BCUT2D eigenvalue weighted by atomic mass is 16.5. The van der Waals surface area contributed by atoms with Crippen LogP contribution in [0.15, 0.2) is 54.1 Å². The van der Waals surface area contributed by atoms with Crippen LogP contribution in [-0.2, 0) is 9.53 Å². The number of fused-ring (bicyclic) bond motifs is 1. The highest BCUT2D eigenvalue weighted by Gasteiger charge is 2.08. The maximum atomic E-state index is 11.3. The molecule has 24 heavy (non-hydrogen) atoms. The minimum atomic E-state index is -0.441. The zero-order chi connectivity index (χ0) is 17.4. The number of esters is 1. The van der Waals surface area contributed by atoms with Gasteiger partial charge in [-0.1, -0.05) is 48.4 Å². The molecule has 2 rings (SSSR count). The van der Waals surface area contributed by atoms with Gasteiger partial charge in [0.1, 0.15) is 0 Å². The second-order valence-electron chi connectivity index (χ2n) is 6.11. The van der Waals surface area contributed by atoms with Crippen molar-refractivity contribution in [3.05, 3.63) is 59.7 Å². The third-order valence-corrected chi connectivity index (χ3v) is 4.11. The van der Waals surface area contributed by atoms with Crippen molar-refractivity contribution in [3.63, 3.8) is 0 Å². The van der Waals surface area contributed by atoms with E-state index in [1.165, 1.54) is 5.39 Å². The van der Waals surface area contributed by atoms with E-state index in [0.717, 1.165) is 42.2 Å². The summed E-state index contributed by atoms with van der Waals surface area (Å²) in [6.45, 7) is 4.15. The first kappa shape index (κ1) is 18.2. The van der Waals surface area contributed by atoms with Crippen LogP contribution >= 0.6 is 0 Å². The molecule has 128 valence electrons.